The van der Waals surface area contributed by atoms with Gasteiger partial charge in [0.25, 0.3) is 0 Å². The maximum absolute atomic E-state index is 10.7. The van der Waals surface area contributed by atoms with Gasteiger partial charge in [0.05, 0.1) is 17.9 Å². The van der Waals surface area contributed by atoms with Gasteiger partial charge in [-0.25, -0.2) is 0 Å². The molecule has 2 aromatic heterocycles. The van der Waals surface area contributed by atoms with Crippen LogP contribution in [0.4, 0.5) is 0 Å². The summed E-state index contributed by atoms with van der Waals surface area (Å²) in [6.07, 6.45) is 14.1. The van der Waals surface area contributed by atoms with Crippen LogP contribution in [0.1, 0.15) is 68.5 Å². The standard InChI is InChI=1S/C20H27N5O2/c26-17-11-20(5-9-24(10-6-20)13-15-12-21-7-8-22-15)27-18-14-25(23-19(17)18)16-3-1-2-4-16/h7-8,12,14,16-17,26H,1-6,9-11,13H2. The molecular weight excluding hydrogens is 342 g/mol. The third-order valence-electron chi connectivity index (χ3n) is 6.40. The number of hydrogen-bond acceptors (Lipinski definition) is 6. The highest BCUT2D eigenvalue weighted by Gasteiger charge is 2.44. The molecule has 1 saturated heterocycles. The summed E-state index contributed by atoms with van der Waals surface area (Å²) in [4.78, 5) is 10.9. The van der Waals surface area contributed by atoms with Crippen LogP contribution in [0, 0.1) is 0 Å². The highest BCUT2D eigenvalue weighted by atomic mass is 16.5. The Morgan fingerprint density at radius 3 is 2.74 bits per heavy atom. The molecule has 0 radical (unpaired) electrons. The molecule has 2 aromatic rings. The van der Waals surface area contributed by atoms with Crippen LogP contribution in [-0.2, 0) is 6.54 Å². The molecule has 3 aliphatic rings. The quantitative estimate of drug-likeness (QED) is 0.896. The largest absolute Gasteiger partial charge is 0.483 e. The van der Waals surface area contributed by atoms with Crippen molar-refractivity contribution < 1.29 is 9.84 Å². The van der Waals surface area contributed by atoms with E-state index >= 15 is 0 Å². The first-order chi connectivity index (χ1) is 13.2. The van der Waals surface area contributed by atoms with Crippen molar-refractivity contribution in [3.8, 4) is 5.75 Å². The summed E-state index contributed by atoms with van der Waals surface area (Å²) < 4.78 is 8.52. The Labute approximate surface area is 159 Å². The van der Waals surface area contributed by atoms with Crippen molar-refractivity contribution in [3.05, 3.63) is 36.2 Å². The number of aliphatic hydroxyl groups excluding tert-OH is 1. The van der Waals surface area contributed by atoms with Crippen molar-refractivity contribution in [2.24, 2.45) is 0 Å². The fourth-order valence-corrected chi connectivity index (χ4v) is 4.84. The van der Waals surface area contributed by atoms with Crippen LogP contribution in [0.15, 0.2) is 24.8 Å². The maximum Gasteiger partial charge on any atom is 0.163 e. The monoisotopic (exact) mass is 369 g/mol. The van der Waals surface area contributed by atoms with Crippen LogP contribution < -0.4 is 4.74 Å². The van der Waals surface area contributed by atoms with Crippen molar-refractivity contribution in [2.45, 2.75) is 69.2 Å². The summed E-state index contributed by atoms with van der Waals surface area (Å²) in [5.41, 5.74) is 1.46. The van der Waals surface area contributed by atoms with Crippen LogP contribution in [0.25, 0.3) is 0 Å². The molecule has 5 rings (SSSR count). The molecule has 144 valence electrons. The lowest BCUT2D eigenvalue weighted by Crippen LogP contribution is -2.50. The second-order valence-corrected chi connectivity index (χ2v) is 8.27. The predicted molar refractivity (Wildman–Crippen MR) is 99.2 cm³/mol. The summed E-state index contributed by atoms with van der Waals surface area (Å²) in [7, 11) is 0. The lowest BCUT2D eigenvalue weighted by molar-refractivity contribution is -0.0561. The SMILES string of the molecule is OC1CC2(CCN(Cc3cnccn3)CC2)Oc2cn(C3CCCC3)nc21. The highest BCUT2D eigenvalue weighted by Crippen LogP contribution is 2.44. The fraction of sp³-hybridized carbons (Fsp3) is 0.650. The molecule has 2 aliphatic heterocycles. The van der Waals surface area contributed by atoms with Gasteiger partial charge in [0.1, 0.15) is 17.4 Å². The molecule has 27 heavy (non-hydrogen) atoms. The van der Waals surface area contributed by atoms with Gasteiger partial charge >= 0.3 is 0 Å². The van der Waals surface area contributed by atoms with Gasteiger partial charge in [0.15, 0.2) is 5.75 Å². The minimum atomic E-state index is -0.525. The van der Waals surface area contributed by atoms with Crippen molar-refractivity contribution in [1.82, 2.24) is 24.6 Å². The first-order valence-corrected chi connectivity index (χ1v) is 10.1. The van der Waals surface area contributed by atoms with E-state index in [9.17, 15) is 5.11 Å². The van der Waals surface area contributed by atoms with E-state index in [-0.39, 0.29) is 5.60 Å². The van der Waals surface area contributed by atoms with Crippen molar-refractivity contribution in [1.29, 1.82) is 0 Å². The number of aromatic nitrogens is 4. The number of nitrogens with zero attached hydrogens (tertiary/aromatic N) is 5. The lowest BCUT2D eigenvalue weighted by Gasteiger charge is -2.44. The Morgan fingerprint density at radius 1 is 1.19 bits per heavy atom. The zero-order valence-electron chi connectivity index (χ0n) is 15.6. The molecule has 0 aromatic carbocycles. The molecule has 0 bridgehead atoms. The Balaban J connectivity index is 1.27. The molecule has 1 atom stereocenters. The average Bonchev–Trinajstić information content (AvgIpc) is 3.34. The molecule has 1 N–H and O–H groups in total. The second kappa shape index (κ2) is 6.87. The number of fused-ring (bicyclic) bond motifs is 1. The number of aliphatic hydroxyl groups is 1. The summed E-state index contributed by atoms with van der Waals surface area (Å²) in [5.74, 6) is 0.794. The molecule has 7 nitrogen and oxygen atoms in total. The van der Waals surface area contributed by atoms with Crippen molar-refractivity contribution >= 4 is 0 Å². The van der Waals surface area contributed by atoms with Gasteiger partial charge in [-0.1, -0.05) is 12.8 Å². The van der Waals surface area contributed by atoms with E-state index in [0.29, 0.717) is 12.5 Å². The molecule has 1 unspecified atom stereocenters. The van der Waals surface area contributed by atoms with Gasteiger partial charge < -0.3 is 9.84 Å². The van der Waals surface area contributed by atoms with E-state index in [2.05, 4.69) is 20.0 Å². The first-order valence-electron chi connectivity index (χ1n) is 10.1. The van der Waals surface area contributed by atoms with Crippen LogP contribution in [0.2, 0.25) is 0 Å². The third kappa shape index (κ3) is 3.34. The van der Waals surface area contributed by atoms with Crippen LogP contribution in [0.5, 0.6) is 5.75 Å². The normalized spacial score (nSPS) is 25.4. The van der Waals surface area contributed by atoms with Crippen molar-refractivity contribution in [2.75, 3.05) is 13.1 Å². The summed E-state index contributed by atoms with van der Waals surface area (Å²) >= 11 is 0. The van der Waals surface area contributed by atoms with Gasteiger partial charge in [-0.2, -0.15) is 5.10 Å². The molecule has 4 heterocycles. The molecule has 0 amide bonds. The molecular formula is C20H27N5O2. The fourth-order valence-electron chi connectivity index (χ4n) is 4.84. The average molecular weight is 369 g/mol. The minimum Gasteiger partial charge on any atom is -0.483 e. The van der Waals surface area contributed by atoms with Crippen molar-refractivity contribution in [3.63, 3.8) is 0 Å². The third-order valence-corrected chi connectivity index (χ3v) is 6.40. The highest BCUT2D eigenvalue weighted by molar-refractivity contribution is 5.31. The number of likely N-dealkylation sites (tertiary alicyclic amines) is 1. The van der Waals surface area contributed by atoms with Crippen LogP contribution in [-0.4, -0.2) is 48.4 Å². The van der Waals surface area contributed by atoms with Gasteiger partial charge in [-0.05, 0) is 25.7 Å². The van der Waals surface area contributed by atoms with Gasteiger partial charge in [-0.15, -0.1) is 0 Å². The van der Waals surface area contributed by atoms with Crippen LogP contribution >= 0.6 is 0 Å². The Kier molecular flexibility index (Phi) is 4.36. The number of piperidine rings is 1. The van der Waals surface area contributed by atoms with E-state index in [4.69, 9.17) is 4.74 Å². The number of ether oxygens (including phenoxy) is 1. The predicted octanol–water partition coefficient (Wildman–Crippen LogP) is 2.64. The molecule has 2 fully saturated rings. The lowest BCUT2D eigenvalue weighted by atomic mass is 9.83. The van der Waals surface area contributed by atoms with Gasteiger partial charge in [0.2, 0.25) is 0 Å². The topological polar surface area (TPSA) is 76.3 Å². The molecule has 1 saturated carbocycles. The molecule has 1 aliphatic carbocycles. The number of rotatable bonds is 3. The summed E-state index contributed by atoms with van der Waals surface area (Å²) in [5, 5.41) is 15.4. The van der Waals surface area contributed by atoms with Gasteiger partial charge in [-0.3, -0.25) is 19.5 Å². The number of hydrogen-bond donors (Lipinski definition) is 1. The zero-order chi connectivity index (χ0) is 18.3. The van der Waals surface area contributed by atoms with E-state index in [0.717, 1.165) is 49.6 Å². The van der Waals surface area contributed by atoms with Crippen LogP contribution in [0.3, 0.4) is 0 Å². The summed E-state index contributed by atoms with van der Waals surface area (Å²) in [6.45, 7) is 2.70. The smallest absolute Gasteiger partial charge is 0.163 e. The van der Waals surface area contributed by atoms with Gasteiger partial charge in [0, 0.05) is 44.6 Å². The van der Waals surface area contributed by atoms with E-state index < -0.39 is 6.10 Å². The minimum absolute atomic E-state index is 0.269. The Hall–Kier alpha value is -1.99. The van der Waals surface area contributed by atoms with E-state index in [1.807, 2.05) is 17.1 Å². The first kappa shape index (κ1) is 17.1. The zero-order valence-corrected chi connectivity index (χ0v) is 15.6. The molecule has 7 heteroatoms. The Morgan fingerprint density at radius 2 is 2.00 bits per heavy atom. The summed E-state index contributed by atoms with van der Waals surface area (Å²) in [6, 6.07) is 0.469. The van der Waals surface area contributed by atoms with E-state index in [1.54, 1.807) is 12.4 Å². The Bertz CT molecular complexity index is 779. The second-order valence-electron chi connectivity index (χ2n) is 8.27. The molecule has 1 spiro atoms. The van der Waals surface area contributed by atoms with E-state index in [1.165, 1.54) is 25.7 Å². The maximum atomic E-state index is 10.7.